The van der Waals surface area contributed by atoms with E-state index in [0.29, 0.717) is 6.54 Å². The molecule has 1 aromatic heterocycles. The molecular weight excluding hydrogens is 278 g/mol. The number of thiophene rings is 1. The number of benzene rings is 2. The van der Waals surface area contributed by atoms with Crippen molar-refractivity contribution in [2.75, 3.05) is 6.54 Å². The van der Waals surface area contributed by atoms with Gasteiger partial charge >= 0.3 is 0 Å². The Morgan fingerprint density at radius 2 is 1.81 bits per heavy atom. The molecule has 0 aliphatic heterocycles. The fraction of sp³-hybridized carbons (Fsp3) is 0.222. The number of aliphatic hydroxyl groups excluding tert-OH is 1. The average Bonchev–Trinajstić information content (AvgIpc) is 2.93. The van der Waals surface area contributed by atoms with Crippen LogP contribution in [0.3, 0.4) is 0 Å². The van der Waals surface area contributed by atoms with E-state index >= 15 is 0 Å². The molecule has 3 rings (SSSR count). The maximum absolute atomic E-state index is 10.8. The van der Waals surface area contributed by atoms with Gasteiger partial charge in [0, 0.05) is 22.0 Å². The minimum Gasteiger partial charge on any atom is -0.387 e. The van der Waals surface area contributed by atoms with Crippen molar-refractivity contribution in [1.29, 1.82) is 0 Å². The molecule has 3 N–H and O–H groups in total. The topological polar surface area (TPSA) is 46.2 Å². The Hall–Kier alpha value is -1.68. The van der Waals surface area contributed by atoms with Crippen LogP contribution in [0.5, 0.6) is 0 Å². The maximum atomic E-state index is 10.8. The van der Waals surface area contributed by atoms with E-state index in [1.807, 2.05) is 24.3 Å². The van der Waals surface area contributed by atoms with Gasteiger partial charge in [-0.25, -0.2) is 0 Å². The van der Waals surface area contributed by atoms with Crippen molar-refractivity contribution >= 4 is 21.4 Å². The molecule has 0 amide bonds. The van der Waals surface area contributed by atoms with Crippen molar-refractivity contribution in [2.45, 2.75) is 18.9 Å². The zero-order chi connectivity index (χ0) is 14.8. The van der Waals surface area contributed by atoms with Gasteiger partial charge in [-0.1, -0.05) is 42.5 Å². The van der Waals surface area contributed by atoms with E-state index in [1.165, 1.54) is 15.6 Å². The van der Waals surface area contributed by atoms with E-state index in [2.05, 4.69) is 37.3 Å². The average molecular weight is 297 g/mol. The molecule has 0 saturated carbocycles. The van der Waals surface area contributed by atoms with Crippen molar-refractivity contribution in [2.24, 2.45) is 5.73 Å². The summed E-state index contributed by atoms with van der Waals surface area (Å²) in [6.45, 7) is 2.50. The lowest BCUT2D eigenvalue weighted by molar-refractivity contribution is 0.151. The summed E-state index contributed by atoms with van der Waals surface area (Å²) >= 11 is 1.64. The first-order chi connectivity index (χ1) is 10.2. The third kappa shape index (κ3) is 2.72. The molecule has 2 aromatic carbocycles. The minimum absolute atomic E-state index is 0.0701. The van der Waals surface area contributed by atoms with E-state index in [0.717, 1.165) is 10.4 Å². The molecule has 0 bridgehead atoms. The predicted molar refractivity (Wildman–Crippen MR) is 89.8 cm³/mol. The number of fused-ring (bicyclic) bond motifs is 1. The number of nitrogens with two attached hydrogens (primary N) is 1. The van der Waals surface area contributed by atoms with Gasteiger partial charge in [0.25, 0.3) is 0 Å². The Morgan fingerprint density at radius 1 is 1.10 bits per heavy atom. The highest BCUT2D eigenvalue weighted by Gasteiger charge is 2.24. The molecule has 2 atom stereocenters. The van der Waals surface area contributed by atoms with Crippen LogP contribution in [0.15, 0.2) is 54.6 Å². The lowest BCUT2D eigenvalue weighted by Gasteiger charge is -2.22. The van der Waals surface area contributed by atoms with E-state index in [4.69, 9.17) is 5.73 Å². The zero-order valence-corrected chi connectivity index (χ0v) is 12.8. The molecule has 3 heteroatoms. The summed E-state index contributed by atoms with van der Waals surface area (Å²) in [5, 5.41) is 12.0. The number of rotatable bonds is 4. The van der Waals surface area contributed by atoms with Crippen LogP contribution in [-0.4, -0.2) is 11.7 Å². The Morgan fingerprint density at radius 3 is 2.52 bits per heavy atom. The molecule has 1 heterocycles. The van der Waals surface area contributed by atoms with Crippen LogP contribution in [0.2, 0.25) is 0 Å². The van der Waals surface area contributed by atoms with E-state index in [9.17, 15) is 5.11 Å². The molecule has 2 unspecified atom stereocenters. The van der Waals surface area contributed by atoms with Gasteiger partial charge in [0.05, 0.1) is 6.10 Å². The fourth-order valence-electron chi connectivity index (χ4n) is 2.78. The number of aliphatic hydroxyl groups is 1. The van der Waals surface area contributed by atoms with Crippen LogP contribution in [0.25, 0.3) is 10.1 Å². The molecule has 3 aromatic rings. The quantitative estimate of drug-likeness (QED) is 0.765. The molecule has 0 spiro atoms. The highest BCUT2D eigenvalue weighted by atomic mass is 32.1. The van der Waals surface area contributed by atoms with Crippen molar-refractivity contribution in [3.05, 3.63) is 70.6 Å². The molecule has 0 radical (unpaired) electrons. The van der Waals surface area contributed by atoms with Crippen LogP contribution in [0.1, 0.15) is 28.0 Å². The maximum Gasteiger partial charge on any atom is 0.0962 e. The van der Waals surface area contributed by atoms with Crippen molar-refractivity contribution < 1.29 is 5.11 Å². The molecule has 0 aliphatic rings. The lowest BCUT2D eigenvalue weighted by Crippen LogP contribution is -2.20. The first kappa shape index (κ1) is 14.3. The second-order valence-corrected chi connectivity index (χ2v) is 6.45. The summed E-state index contributed by atoms with van der Waals surface area (Å²) in [7, 11) is 0. The number of hydrogen-bond acceptors (Lipinski definition) is 3. The predicted octanol–water partition coefficient (Wildman–Crippen LogP) is 3.99. The largest absolute Gasteiger partial charge is 0.387 e. The van der Waals surface area contributed by atoms with Gasteiger partial charge < -0.3 is 10.8 Å². The molecule has 108 valence electrons. The van der Waals surface area contributed by atoms with Crippen LogP contribution in [0.4, 0.5) is 0 Å². The standard InChI is InChI=1S/C18H19NOS/c1-12-6-2-4-8-14(12)15(11-19)18(20)17-10-13-7-3-5-9-16(13)21-17/h2-10,15,18,20H,11,19H2,1H3. The van der Waals surface area contributed by atoms with Crippen LogP contribution < -0.4 is 5.73 Å². The lowest BCUT2D eigenvalue weighted by atomic mass is 9.89. The molecule has 0 saturated heterocycles. The van der Waals surface area contributed by atoms with E-state index in [1.54, 1.807) is 11.3 Å². The monoisotopic (exact) mass is 297 g/mol. The summed E-state index contributed by atoms with van der Waals surface area (Å²) in [6, 6.07) is 18.4. The first-order valence-corrected chi connectivity index (χ1v) is 7.94. The van der Waals surface area contributed by atoms with Gasteiger partial charge in [0.2, 0.25) is 0 Å². The van der Waals surface area contributed by atoms with Crippen LogP contribution in [0, 0.1) is 6.92 Å². The molecule has 2 nitrogen and oxygen atoms in total. The van der Waals surface area contributed by atoms with Crippen LogP contribution in [-0.2, 0) is 0 Å². The zero-order valence-electron chi connectivity index (χ0n) is 12.0. The molecule has 21 heavy (non-hydrogen) atoms. The molecule has 0 aliphatic carbocycles. The third-order valence-electron chi connectivity index (χ3n) is 3.96. The second-order valence-electron chi connectivity index (χ2n) is 5.33. The summed E-state index contributed by atoms with van der Waals surface area (Å²) in [5.41, 5.74) is 8.25. The summed E-state index contributed by atoms with van der Waals surface area (Å²) in [6.07, 6.45) is -0.562. The Kier molecular flexibility index (Phi) is 4.06. The SMILES string of the molecule is Cc1ccccc1C(CN)C(O)c1cc2ccccc2s1. The highest BCUT2D eigenvalue weighted by Crippen LogP contribution is 2.37. The van der Waals surface area contributed by atoms with Crippen LogP contribution >= 0.6 is 11.3 Å². The van der Waals surface area contributed by atoms with Gasteiger partial charge in [-0.05, 0) is 35.6 Å². The third-order valence-corrected chi connectivity index (χ3v) is 5.15. The van der Waals surface area contributed by atoms with Gasteiger partial charge in [-0.15, -0.1) is 11.3 Å². The normalized spacial score (nSPS) is 14.2. The minimum atomic E-state index is -0.562. The molecular formula is C18H19NOS. The Bertz CT molecular complexity index is 717. The van der Waals surface area contributed by atoms with Gasteiger partial charge in [0.1, 0.15) is 0 Å². The number of aryl methyl sites for hydroxylation is 1. The summed E-state index contributed by atoms with van der Waals surface area (Å²) in [5.74, 6) is -0.0701. The van der Waals surface area contributed by atoms with E-state index < -0.39 is 6.10 Å². The van der Waals surface area contributed by atoms with Crippen molar-refractivity contribution in [3.8, 4) is 0 Å². The summed E-state index contributed by atoms with van der Waals surface area (Å²) < 4.78 is 1.20. The van der Waals surface area contributed by atoms with Gasteiger partial charge in [0.15, 0.2) is 0 Å². The Labute approximate surface area is 128 Å². The van der Waals surface area contributed by atoms with E-state index in [-0.39, 0.29) is 5.92 Å². The summed E-state index contributed by atoms with van der Waals surface area (Å²) in [4.78, 5) is 0.981. The van der Waals surface area contributed by atoms with Gasteiger partial charge in [-0.3, -0.25) is 0 Å². The smallest absolute Gasteiger partial charge is 0.0962 e. The fourth-order valence-corrected chi connectivity index (χ4v) is 3.89. The second kappa shape index (κ2) is 5.98. The first-order valence-electron chi connectivity index (χ1n) is 7.13. The number of hydrogen-bond donors (Lipinski definition) is 2. The van der Waals surface area contributed by atoms with Gasteiger partial charge in [-0.2, -0.15) is 0 Å². The highest BCUT2D eigenvalue weighted by molar-refractivity contribution is 7.19. The van der Waals surface area contributed by atoms with Crippen molar-refractivity contribution in [1.82, 2.24) is 0 Å². The molecule has 0 fully saturated rings. The Balaban J connectivity index is 1.98. The van der Waals surface area contributed by atoms with Crippen molar-refractivity contribution in [3.63, 3.8) is 0 Å².